The van der Waals surface area contributed by atoms with Crippen LogP contribution in [0.4, 0.5) is 0 Å². The van der Waals surface area contributed by atoms with Gasteiger partial charge in [0, 0.05) is 18.7 Å². The Balaban J connectivity index is 2.05. The number of ether oxygens (including phenoxy) is 1. The molecule has 0 bridgehead atoms. The normalized spacial score (nSPS) is 28.6. The molecule has 1 N–H and O–H groups in total. The van der Waals surface area contributed by atoms with Crippen molar-refractivity contribution in [1.29, 1.82) is 0 Å². The summed E-state index contributed by atoms with van der Waals surface area (Å²) in [6, 6.07) is 11.8. The Morgan fingerprint density at radius 1 is 1.30 bits per heavy atom. The van der Waals surface area contributed by atoms with Gasteiger partial charge in [0.15, 0.2) is 0 Å². The molecule has 0 aliphatic carbocycles. The fraction of sp³-hybridized carbons (Fsp3) is 0.667. The maximum atomic E-state index is 5.95. The van der Waals surface area contributed by atoms with Crippen molar-refractivity contribution in [2.24, 2.45) is 5.92 Å². The maximum Gasteiger partial charge on any atom is 0.0666 e. The van der Waals surface area contributed by atoms with Gasteiger partial charge in [0.05, 0.1) is 5.60 Å². The molecule has 20 heavy (non-hydrogen) atoms. The van der Waals surface area contributed by atoms with E-state index in [1.54, 1.807) is 0 Å². The molecule has 1 aliphatic heterocycles. The molecule has 112 valence electrons. The second-order valence-corrected chi connectivity index (χ2v) is 6.64. The summed E-state index contributed by atoms with van der Waals surface area (Å²) in [5.41, 5.74) is 1.45. The van der Waals surface area contributed by atoms with Crippen molar-refractivity contribution in [3.63, 3.8) is 0 Å². The second-order valence-electron chi connectivity index (χ2n) is 6.64. The summed E-state index contributed by atoms with van der Waals surface area (Å²) >= 11 is 0. The summed E-state index contributed by atoms with van der Waals surface area (Å²) in [4.78, 5) is 0. The molecule has 0 spiro atoms. The molecule has 1 aliphatic rings. The Hall–Kier alpha value is -0.860. The Kier molecular flexibility index (Phi) is 5.22. The fourth-order valence-corrected chi connectivity index (χ4v) is 3.11. The predicted octanol–water partition coefficient (Wildman–Crippen LogP) is 4.32. The van der Waals surface area contributed by atoms with Crippen LogP contribution in [0.1, 0.15) is 58.6 Å². The van der Waals surface area contributed by atoms with E-state index < -0.39 is 0 Å². The molecule has 1 aromatic rings. The molecule has 0 radical (unpaired) electrons. The van der Waals surface area contributed by atoms with Gasteiger partial charge in [0.25, 0.3) is 0 Å². The summed E-state index contributed by atoms with van der Waals surface area (Å²) < 4.78 is 5.95. The molecule has 3 atom stereocenters. The zero-order chi connectivity index (χ0) is 14.6. The minimum absolute atomic E-state index is 0.0497. The van der Waals surface area contributed by atoms with Gasteiger partial charge in [-0.05, 0) is 37.7 Å². The Morgan fingerprint density at radius 2 is 2.00 bits per heavy atom. The Bertz CT molecular complexity index is 403. The van der Waals surface area contributed by atoms with Crippen molar-refractivity contribution in [2.75, 3.05) is 6.61 Å². The highest BCUT2D eigenvalue weighted by Gasteiger charge is 2.33. The summed E-state index contributed by atoms with van der Waals surface area (Å²) in [5, 5.41) is 3.88. The molecular formula is C18H29NO. The highest BCUT2D eigenvalue weighted by Crippen LogP contribution is 2.30. The van der Waals surface area contributed by atoms with Crippen LogP contribution in [0.5, 0.6) is 0 Å². The smallest absolute Gasteiger partial charge is 0.0666 e. The van der Waals surface area contributed by atoms with Crippen LogP contribution < -0.4 is 5.32 Å². The van der Waals surface area contributed by atoms with E-state index in [4.69, 9.17) is 4.74 Å². The molecule has 1 fully saturated rings. The maximum absolute atomic E-state index is 5.95. The zero-order valence-corrected chi connectivity index (χ0v) is 13.4. The van der Waals surface area contributed by atoms with Gasteiger partial charge in [-0.25, -0.2) is 0 Å². The third-order valence-electron chi connectivity index (χ3n) is 4.58. The van der Waals surface area contributed by atoms with Crippen molar-refractivity contribution in [2.45, 2.75) is 64.6 Å². The lowest BCUT2D eigenvalue weighted by Crippen LogP contribution is -2.46. The lowest BCUT2D eigenvalue weighted by Gasteiger charge is -2.40. The van der Waals surface area contributed by atoms with E-state index in [1.165, 1.54) is 5.56 Å². The summed E-state index contributed by atoms with van der Waals surface area (Å²) in [6.45, 7) is 9.93. The molecular weight excluding hydrogens is 246 g/mol. The van der Waals surface area contributed by atoms with Crippen LogP contribution in [0.3, 0.4) is 0 Å². The molecule has 2 heteroatoms. The first kappa shape index (κ1) is 15.5. The van der Waals surface area contributed by atoms with Crippen LogP contribution in [-0.2, 0) is 4.74 Å². The van der Waals surface area contributed by atoms with E-state index >= 15 is 0 Å². The lowest BCUT2D eigenvalue weighted by molar-refractivity contribution is -0.0797. The molecule has 1 saturated heterocycles. The van der Waals surface area contributed by atoms with Gasteiger partial charge in [-0.15, -0.1) is 0 Å². The van der Waals surface area contributed by atoms with E-state index in [-0.39, 0.29) is 5.60 Å². The van der Waals surface area contributed by atoms with Gasteiger partial charge >= 0.3 is 0 Å². The second kappa shape index (κ2) is 6.73. The molecule has 3 unspecified atom stereocenters. The Labute approximate surface area is 123 Å². The molecule has 1 heterocycles. The third-order valence-corrected chi connectivity index (χ3v) is 4.58. The van der Waals surface area contributed by atoms with Crippen molar-refractivity contribution >= 4 is 0 Å². The highest BCUT2D eigenvalue weighted by atomic mass is 16.5. The van der Waals surface area contributed by atoms with Crippen LogP contribution in [0.2, 0.25) is 0 Å². The lowest BCUT2D eigenvalue weighted by atomic mass is 9.87. The van der Waals surface area contributed by atoms with Crippen LogP contribution in [0.25, 0.3) is 0 Å². The Morgan fingerprint density at radius 3 is 2.60 bits per heavy atom. The van der Waals surface area contributed by atoms with E-state index in [0.29, 0.717) is 18.0 Å². The fourth-order valence-electron chi connectivity index (χ4n) is 3.11. The van der Waals surface area contributed by atoms with Gasteiger partial charge in [0.1, 0.15) is 0 Å². The topological polar surface area (TPSA) is 21.3 Å². The first-order valence-electron chi connectivity index (χ1n) is 7.99. The SMILES string of the molecule is CCC1(C)CC(NC(c2ccccc2)C(C)C)CCO1. The standard InChI is InChI=1S/C18H29NO/c1-5-18(4)13-16(11-12-20-18)19-17(14(2)3)15-9-7-6-8-10-15/h6-10,14,16-17,19H,5,11-13H2,1-4H3. The molecule has 0 amide bonds. The number of hydrogen-bond acceptors (Lipinski definition) is 2. The van der Waals surface area contributed by atoms with Crippen molar-refractivity contribution in [3.8, 4) is 0 Å². The van der Waals surface area contributed by atoms with Gasteiger partial charge < -0.3 is 10.1 Å². The van der Waals surface area contributed by atoms with Gasteiger partial charge in [-0.1, -0.05) is 51.1 Å². The minimum atomic E-state index is 0.0497. The van der Waals surface area contributed by atoms with Gasteiger partial charge in [-0.2, -0.15) is 0 Å². The van der Waals surface area contributed by atoms with Gasteiger partial charge in [-0.3, -0.25) is 0 Å². The first-order chi connectivity index (χ1) is 9.54. The molecule has 2 rings (SSSR count). The predicted molar refractivity (Wildman–Crippen MR) is 84.8 cm³/mol. The number of hydrogen-bond donors (Lipinski definition) is 1. The molecule has 2 nitrogen and oxygen atoms in total. The third kappa shape index (κ3) is 3.83. The van der Waals surface area contributed by atoms with Crippen LogP contribution in [0, 0.1) is 5.92 Å². The average Bonchev–Trinajstić information content (AvgIpc) is 2.45. The van der Waals surface area contributed by atoms with E-state index in [9.17, 15) is 0 Å². The summed E-state index contributed by atoms with van der Waals surface area (Å²) in [7, 11) is 0. The molecule has 0 saturated carbocycles. The largest absolute Gasteiger partial charge is 0.375 e. The number of benzene rings is 1. The summed E-state index contributed by atoms with van der Waals surface area (Å²) in [5.74, 6) is 0.591. The average molecular weight is 275 g/mol. The zero-order valence-electron chi connectivity index (χ0n) is 13.4. The first-order valence-corrected chi connectivity index (χ1v) is 7.99. The number of rotatable bonds is 5. The van der Waals surface area contributed by atoms with Crippen LogP contribution >= 0.6 is 0 Å². The molecule has 0 aromatic heterocycles. The van der Waals surface area contributed by atoms with E-state index in [0.717, 1.165) is 25.9 Å². The van der Waals surface area contributed by atoms with Crippen LogP contribution in [0.15, 0.2) is 30.3 Å². The molecule has 1 aromatic carbocycles. The quantitative estimate of drug-likeness (QED) is 0.864. The van der Waals surface area contributed by atoms with Crippen molar-refractivity contribution in [1.82, 2.24) is 5.32 Å². The van der Waals surface area contributed by atoms with E-state index in [2.05, 4.69) is 63.3 Å². The van der Waals surface area contributed by atoms with Crippen molar-refractivity contribution < 1.29 is 4.74 Å². The highest BCUT2D eigenvalue weighted by molar-refractivity contribution is 5.19. The van der Waals surface area contributed by atoms with Gasteiger partial charge in [0.2, 0.25) is 0 Å². The van der Waals surface area contributed by atoms with Crippen molar-refractivity contribution in [3.05, 3.63) is 35.9 Å². The number of nitrogens with one attached hydrogen (secondary N) is 1. The van der Waals surface area contributed by atoms with Crippen LogP contribution in [-0.4, -0.2) is 18.2 Å². The minimum Gasteiger partial charge on any atom is -0.375 e. The summed E-state index contributed by atoms with van der Waals surface area (Å²) in [6.07, 6.45) is 3.31. The monoisotopic (exact) mass is 275 g/mol. The van der Waals surface area contributed by atoms with E-state index in [1.807, 2.05) is 0 Å².